The van der Waals surface area contributed by atoms with Crippen LogP contribution in [-0.4, -0.2) is 16.4 Å². The highest BCUT2D eigenvalue weighted by Gasteiger charge is 2.39. The summed E-state index contributed by atoms with van der Waals surface area (Å²) in [5.41, 5.74) is 8.56. The second kappa shape index (κ2) is 10.4. The molecule has 0 saturated carbocycles. The van der Waals surface area contributed by atoms with Gasteiger partial charge in [-0.3, -0.25) is 9.59 Å². The van der Waals surface area contributed by atoms with Crippen molar-refractivity contribution in [3.8, 4) is 34.0 Å². The second-order valence-corrected chi connectivity index (χ2v) is 11.1. The van der Waals surface area contributed by atoms with Gasteiger partial charge in [0.05, 0.1) is 51.7 Å². The molecule has 0 unspecified atom stereocenters. The molecule has 0 bridgehead atoms. The van der Waals surface area contributed by atoms with Gasteiger partial charge in [-0.2, -0.15) is 5.26 Å². The maximum Gasteiger partial charge on any atom is 0.268 e. The molecule has 1 aliphatic heterocycles. The number of rotatable bonds is 4. The highest BCUT2D eigenvalue weighted by Crippen LogP contribution is 2.44. The zero-order valence-electron chi connectivity index (χ0n) is 24.3. The van der Waals surface area contributed by atoms with E-state index >= 15 is 0 Å². The molecule has 1 aliphatic rings. The number of nitrogens with zero attached hydrogens (tertiary/aromatic N) is 4. The number of amides is 2. The van der Waals surface area contributed by atoms with Crippen molar-refractivity contribution < 1.29 is 9.59 Å². The molecule has 0 atom stereocenters. The van der Waals surface area contributed by atoms with Gasteiger partial charge in [-0.15, -0.1) is 0 Å². The van der Waals surface area contributed by atoms with Gasteiger partial charge in [0, 0.05) is 10.8 Å². The third-order valence-corrected chi connectivity index (χ3v) is 8.60. The van der Waals surface area contributed by atoms with E-state index in [1.807, 2.05) is 103 Å². The normalized spacial score (nSPS) is 12.3. The Morgan fingerprint density at radius 1 is 0.587 bits per heavy atom. The molecule has 0 radical (unpaired) electrons. The van der Waals surface area contributed by atoms with Gasteiger partial charge < -0.3 is 4.57 Å². The van der Waals surface area contributed by atoms with Crippen molar-refractivity contribution in [2.45, 2.75) is 0 Å². The van der Waals surface area contributed by atoms with Crippen molar-refractivity contribution in [3.05, 3.63) is 162 Å². The Labute approximate surface area is 264 Å². The molecular formula is C40H22N4O2. The van der Waals surface area contributed by atoms with Gasteiger partial charge >= 0.3 is 0 Å². The molecule has 0 N–H and O–H groups in total. The number of hydrogen-bond acceptors (Lipinski definition) is 3. The van der Waals surface area contributed by atoms with E-state index < -0.39 is 0 Å². The highest BCUT2D eigenvalue weighted by atomic mass is 16.2. The lowest BCUT2D eigenvalue weighted by molar-refractivity contribution is 0.0926. The Balaban J connectivity index is 1.46. The van der Waals surface area contributed by atoms with Crippen LogP contribution < -0.4 is 4.90 Å². The van der Waals surface area contributed by atoms with Crippen LogP contribution in [-0.2, 0) is 0 Å². The fourth-order valence-electron chi connectivity index (χ4n) is 6.55. The first-order chi connectivity index (χ1) is 22.6. The van der Waals surface area contributed by atoms with Crippen LogP contribution in [0.1, 0.15) is 26.3 Å². The molecule has 8 rings (SSSR count). The van der Waals surface area contributed by atoms with Crippen molar-refractivity contribution in [2.75, 3.05) is 4.90 Å². The van der Waals surface area contributed by atoms with Gasteiger partial charge in [-0.25, -0.2) is 9.74 Å². The van der Waals surface area contributed by atoms with E-state index in [2.05, 4.69) is 27.6 Å². The number of nitriles is 1. The predicted molar refractivity (Wildman–Crippen MR) is 180 cm³/mol. The average Bonchev–Trinajstić information content (AvgIpc) is 3.59. The van der Waals surface area contributed by atoms with Crippen LogP contribution in [0.5, 0.6) is 0 Å². The predicted octanol–water partition coefficient (Wildman–Crippen LogP) is 9.34. The van der Waals surface area contributed by atoms with Crippen LogP contribution >= 0.6 is 0 Å². The van der Waals surface area contributed by atoms with Gasteiger partial charge in [-0.1, -0.05) is 84.9 Å². The summed E-state index contributed by atoms with van der Waals surface area (Å²) in [6.07, 6.45) is 0. The summed E-state index contributed by atoms with van der Waals surface area (Å²) >= 11 is 0. The van der Waals surface area contributed by atoms with Crippen LogP contribution in [0.3, 0.4) is 0 Å². The minimum Gasteiger partial charge on any atom is -0.308 e. The van der Waals surface area contributed by atoms with E-state index in [0.717, 1.165) is 44.1 Å². The number of imide groups is 1. The van der Waals surface area contributed by atoms with Gasteiger partial charge in [0.15, 0.2) is 5.69 Å². The van der Waals surface area contributed by atoms with E-state index in [1.165, 1.54) is 4.90 Å². The molecule has 214 valence electrons. The molecular weight excluding hydrogens is 568 g/mol. The lowest BCUT2D eigenvalue weighted by Gasteiger charge is -2.14. The van der Waals surface area contributed by atoms with E-state index in [1.54, 1.807) is 18.2 Å². The summed E-state index contributed by atoms with van der Waals surface area (Å²) in [7, 11) is 0. The summed E-state index contributed by atoms with van der Waals surface area (Å²) in [5, 5.41) is 11.4. The molecule has 0 aliphatic carbocycles. The van der Waals surface area contributed by atoms with Gasteiger partial charge in [0.2, 0.25) is 0 Å². The minimum atomic E-state index is -0.370. The topological polar surface area (TPSA) is 70.5 Å². The summed E-state index contributed by atoms with van der Waals surface area (Å²) < 4.78 is 2.08. The molecule has 7 aromatic rings. The van der Waals surface area contributed by atoms with Crippen molar-refractivity contribution in [3.63, 3.8) is 0 Å². The van der Waals surface area contributed by atoms with Gasteiger partial charge in [-0.05, 0) is 70.8 Å². The Morgan fingerprint density at radius 3 is 1.74 bits per heavy atom. The first-order valence-corrected chi connectivity index (χ1v) is 14.7. The summed E-state index contributed by atoms with van der Waals surface area (Å²) in [6, 6.07) is 43.8. The highest BCUT2D eigenvalue weighted by molar-refractivity contribution is 6.36. The van der Waals surface area contributed by atoms with Crippen LogP contribution in [0.25, 0.3) is 54.6 Å². The van der Waals surface area contributed by atoms with Gasteiger partial charge in [0.25, 0.3) is 11.8 Å². The van der Waals surface area contributed by atoms with Crippen LogP contribution in [0.4, 0.5) is 11.4 Å². The molecule has 1 aromatic heterocycles. The number of benzene rings is 6. The quantitative estimate of drug-likeness (QED) is 0.151. The Kier molecular flexibility index (Phi) is 6.10. The van der Waals surface area contributed by atoms with Crippen molar-refractivity contribution in [2.24, 2.45) is 0 Å². The fraction of sp³-hybridized carbons (Fsp3) is 0. The van der Waals surface area contributed by atoms with Crippen LogP contribution in [0.15, 0.2) is 133 Å². The lowest BCUT2D eigenvalue weighted by Crippen LogP contribution is -2.29. The number of anilines is 1. The summed E-state index contributed by atoms with van der Waals surface area (Å²) in [4.78, 5) is 32.6. The van der Waals surface area contributed by atoms with E-state index in [-0.39, 0.29) is 11.8 Å². The SMILES string of the molecule is [C-]#[N+]c1ccc(-c2cccc3c2c2c(-c4ccc(C#N)cc4)cccc2n3-c2cccc3c2C(=O)N(c2ccccc2)C3=O)cc1. The number of hydrogen-bond donors (Lipinski definition) is 0. The van der Waals surface area contributed by atoms with E-state index in [9.17, 15) is 14.9 Å². The number of para-hydroxylation sites is 1. The molecule has 46 heavy (non-hydrogen) atoms. The Hall–Kier alpha value is -6.76. The number of fused-ring (bicyclic) bond motifs is 4. The van der Waals surface area contributed by atoms with Crippen LogP contribution in [0, 0.1) is 17.9 Å². The Morgan fingerprint density at radius 2 is 1.15 bits per heavy atom. The molecule has 6 aromatic carbocycles. The monoisotopic (exact) mass is 590 g/mol. The zero-order valence-corrected chi connectivity index (χ0v) is 24.3. The van der Waals surface area contributed by atoms with Crippen LogP contribution in [0.2, 0.25) is 0 Å². The largest absolute Gasteiger partial charge is 0.308 e. The molecule has 0 saturated heterocycles. The average molecular weight is 591 g/mol. The molecule has 0 spiro atoms. The maximum absolute atomic E-state index is 14.1. The first-order valence-electron chi connectivity index (χ1n) is 14.7. The smallest absolute Gasteiger partial charge is 0.268 e. The molecule has 6 nitrogen and oxygen atoms in total. The standard InChI is InChI=1S/C40H22N4O2/c1-42-28-22-20-27(21-23-28)31-11-6-14-34-37(31)36-30(26-18-16-25(24-41)17-19-26)10-5-13-33(36)44(34)35-15-7-12-32-38(35)40(46)43(39(32)45)29-8-3-2-4-9-29/h2-23H. The zero-order chi connectivity index (χ0) is 31.4. The van der Waals surface area contributed by atoms with E-state index in [4.69, 9.17) is 6.57 Å². The molecule has 0 fully saturated rings. The van der Waals surface area contributed by atoms with Crippen molar-refractivity contribution in [1.82, 2.24) is 4.57 Å². The third kappa shape index (κ3) is 3.95. The first kappa shape index (κ1) is 26.8. The second-order valence-electron chi connectivity index (χ2n) is 11.1. The molecule has 2 amide bonds. The summed E-state index contributed by atoms with van der Waals surface area (Å²) in [6.45, 7) is 7.42. The van der Waals surface area contributed by atoms with Crippen molar-refractivity contribution in [1.29, 1.82) is 5.26 Å². The number of carbonyl (C=O) groups excluding carboxylic acids is 2. The fourth-order valence-corrected chi connectivity index (χ4v) is 6.55. The molecule has 2 heterocycles. The number of aromatic nitrogens is 1. The van der Waals surface area contributed by atoms with Crippen molar-refractivity contribution >= 4 is 45.0 Å². The minimum absolute atomic E-state index is 0.353. The molecule has 6 heteroatoms. The lowest BCUT2D eigenvalue weighted by atomic mass is 9.94. The third-order valence-electron chi connectivity index (χ3n) is 8.60. The van der Waals surface area contributed by atoms with E-state index in [0.29, 0.717) is 33.8 Å². The summed E-state index contributed by atoms with van der Waals surface area (Å²) in [5.74, 6) is -0.724. The Bertz CT molecular complexity index is 2350. The number of carbonyl (C=O) groups is 2. The maximum atomic E-state index is 14.1. The van der Waals surface area contributed by atoms with Gasteiger partial charge in [0.1, 0.15) is 0 Å².